The van der Waals surface area contributed by atoms with Crippen LogP contribution in [0.4, 0.5) is 0 Å². The van der Waals surface area contributed by atoms with Crippen molar-refractivity contribution >= 4 is 31.9 Å². The number of hydrogen-bond acceptors (Lipinski definition) is 2. The zero-order valence-corrected chi connectivity index (χ0v) is 26.9. The minimum atomic E-state index is 0.122. The average molecular weight is 657 g/mol. The van der Waals surface area contributed by atoms with E-state index in [1.54, 1.807) is 0 Å². The van der Waals surface area contributed by atoms with Crippen molar-refractivity contribution in [2.45, 2.75) is 96.8 Å². The maximum atomic E-state index is 6.56. The van der Waals surface area contributed by atoms with Gasteiger partial charge in [0.05, 0.1) is 13.2 Å². The molecule has 1 aliphatic carbocycles. The van der Waals surface area contributed by atoms with Gasteiger partial charge < -0.3 is 9.47 Å². The molecule has 0 aliphatic heterocycles. The number of unbranched alkanes of at least 4 members (excludes halogenated alkanes) is 10. The normalized spacial score (nSPS) is 12.4. The number of benzene rings is 3. The number of ether oxygens (including phenoxy) is 2. The summed E-state index contributed by atoms with van der Waals surface area (Å²) in [6.45, 7) is 6.03. The van der Waals surface area contributed by atoms with Gasteiger partial charge in [-0.15, -0.1) is 0 Å². The highest BCUT2D eigenvalue weighted by atomic mass is 79.9. The van der Waals surface area contributed by atoms with E-state index in [2.05, 4.69) is 100 Å². The van der Waals surface area contributed by atoms with Crippen molar-refractivity contribution in [3.63, 3.8) is 0 Å². The molecule has 0 unspecified atom stereocenters. The second-order valence-corrected chi connectivity index (χ2v) is 12.7. The lowest BCUT2D eigenvalue weighted by molar-refractivity contribution is 0.287. The summed E-state index contributed by atoms with van der Waals surface area (Å²) < 4.78 is 15.0. The van der Waals surface area contributed by atoms with E-state index in [9.17, 15) is 0 Å². The van der Waals surface area contributed by atoms with Gasteiger partial charge in [-0.2, -0.15) is 0 Å². The van der Waals surface area contributed by atoms with Crippen LogP contribution in [0.3, 0.4) is 0 Å². The van der Waals surface area contributed by atoms with Crippen molar-refractivity contribution in [3.8, 4) is 22.6 Å². The van der Waals surface area contributed by atoms with Crippen LogP contribution in [0.5, 0.6) is 11.5 Å². The summed E-state index contributed by atoms with van der Waals surface area (Å²) in [6.07, 6.45) is 15.1. The lowest BCUT2D eigenvalue weighted by Gasteiger charge is -2.20. The van der Waals surface area contributed by atoms with Crippen molar-refractivity contribution < 1.29 is 9.47 Å². The average Bonchev–Trinajstić information content (AvgIpc) is 3.24. The van der Waals surface area contributed by atoms with Crippen LogP contribution in [0.1, 0.15) is 114 Å². The molecule has 0 N–H and O–H groups in total. The molecule has 0 amide bonds. The molecule has 0 saturated carbocycles. The predicted molar refractivity (Wildman–Crippen MR) is 172 cm³/mol. The Morgan fingerprint density at radius 1 is 0.538 bits per heavy atom. The van der Waals surface area contributed by atoms with Crippen molar-refractivity contribution in [1.29, 1.82) is 0 Å². The zero-order chi connectivity index (χ0) is 27.5. The summed E-state index contributed by atoms with van der Waals surface area (Å²) >= 11 is 7.45. The molecule has 4 heteroatoms. The van der Waals surface area contributed by atoms with Crippen LogP contribution >= 0.6 is 31.9 Å². The van der Waals surface area contributed by atoms with E-state index in [1.165, 1.54) is 92.0 Å². The molecular formula is C35H44Br2O2. The molecule has 3 aromatic rings. The van der Waals surface area contributed by atoms with Gasteiger partial charge in [0.1, 0.15) is 11.5 Å². The van der Waals surface area contributed by atoms with E-state index in [4.69, 9.17) is 9.47 Å². The topological polar surface area (TPSA) is 18.5 Å². The molecule has 39 heavy (non-hydrogen) atoms. The lowest BCUT2D eigenvalue weighted by Crippen LogP contribution is -2.06. The third-order valence-corrected chi connectivity index (χ3v) is 8.74. The Kier molecular flexibility index (Phi) is 12.3. The Bertz CT molecular complexity index is 1140. The van der Waals surface area contributed by atoms with Gasteiger partial charge in [0.15, 0.2) is 0 Å². The van der Waals surface area contributed by atoms with Crippen LogP contribution in [-0.4, -0.2) is 13.2 Å². The second-order valence-electron chi connectivity index (χ2n) is 10.8. The van der Waals surface area contributed by atoms with Gasteiger partial charge in [-0.05, 0) is 65.4 Å². The Balaban J connectivity index is 1.55. The Morgan fingerprint density at radius 2 is 1.05 bits per heavy atom. The predicted octanol–water partition coefficient (Wildman–Crippen LogP) is 11.9. The Hall–Kier alpha value is -1.78. The molecule has 210 valence electrons. The smallest absolute Gasteiger partial charge is 0.127 e. The van der Waals surface area contributed by atoms with Crippen molar-refractivity contribution in [2.24, 2.45) is 0 Å². The summed E-state index contributed by atoms with van der Waals surface area (Å²) in [4.78, 5) is 0. The number of halogens is 2. The van der Waals surface area contributed by atoms with Crippen molar-refractivity contribution in [2.75, 3.05) is 13.2 Å². The monoisotopic (exact) mass is 654 g/mol. The first-order valence-corrected chi connectivity index (χ1v) is 16.7. The first-order chi connectivity index (χ1) is 19.1. The maximum absolute atomic E-state index is 6.56. The Labute approximate surface area is 253 Å². The van der Waals surface area contributed by atoms with Gasteiger partial charge in [0.25, 0.3) is 0 Å². The van der Waals surface area contributed by atoms with Crippen LogP contribution in [0.15, 0.2) is 63.5 Å². The summed E-state index contributed by atoms with van der Waals surface area (Å²) in [5.74, 6) is 1.98. The van der Waals surface area contributed by atoms with E-state index >= 15 is 0 Å². The van der Waals surface area contributed by atoms with Gasteiger partial charge in [-0.1, -0.05) is 128 Å². The molecule has 0 aromatic heterocycles. The molecule has 0 spiro atoms. The van der Waals surface area contributed by atoms with Gasteiger partial charge >= 0.3 is 0 Å². The van der Waals surface area contributed by atoms with Crippen LogP contribution < -0.4 is 9.47 Å². The fourth-order valence-electron chi connectivity index (χ4n) is 5.64. The minimum Gasteiger partial charge on any atom is -0.493 e. The highest BCUT2D eigenvalue weighted by Gasteiger charge is 2.32. The van der Waals surface area contributed by atoms with Crippen molar-refractivity contribution in [1.82, 2.24) is 0 Å². The lowest BCUT2D eigenvalue weighted by atomic mass is 9.88. The second kappa shape index (κ2) is 15.9. The molecule has 0 bridgehead atoms. The van der Waals surface area contributed by atoms with Crippen LogP contribution in [-0.2, 0) is 0 Å². The first-order valence-electron chi connectivity index (χ1n) is 15.1. The highest BCUT2D eigenvalue weighted by Crippen LogP contribution is 2.51. The summed E-state index contributed by atoms with van der Waals surface area (Å²) in [6, 6.07) is 19.8. The molecule has 0 saturated heterocycles. The standard InChI is InChI=1S/C35H44Br2O2/c1-3-5-7-9-11-13-21-38-28-17-20-31(34(25-28)39-22-14-12-10-8-6-4-2)35-32-23-26(36)15-18-29(32)30-19-16-27(37)24-33(30)35/h15-20,23-25,35H,3-14,21-22H2,1-2H3. The summed E-state index contributed by atoms with van der Waals surface area (Å²) in [7, 11) is 0. The fourth-order valence-corrected chi connectivity index (χ4v) is 6.40. The number of hydrogen-bond donors (Lipinski definition) is 0. The van der Waals surface area contributed by atoms with Crippen LogP contribution in [0.2, 0.25) is 0 Å². The molecular weight excluding hydrogens is 612 g/mol. The van der Waals surface area contributed by atoms with Gasteiger partial charge in [-0.25, -0.2) is 0 Å². The zero-order valence-electron chi connectivity index (χ0n) is 23.7. The molecule has 0 atom stereocenters. The largest absolute Gasteiger partial charge is 0.493 e. The molecule has 2 nitrogen and oxygen atoms in total. The van der Waals surface area contributed by atoms with Crippen LogP contribution in [0, 0.1) is 0 Å². The molecule has 3 aromatic carbocycles. The third-order valence-electron chi connectivity index (χ3n) is 7.76. The molecule has 0 fully saturated rings. The van der Waals surface area contributed by atoms with Gasteiger partial charge in [0, 0.05) is 26.5 Å². The van der Waals surface area contributed by atoms with Crippen LogP contribution in [0.25, 0.3) is 11.1 Å². The van der Waals surface area contributed by atoms with E-state index in [0.717, 1.165) is 46.5 Å². The molecule has 4 rings (SSSR count). The molecule has 0 heterocycles. The van der Waals surface area contributed by atoms with E-state index < -0.39 is 0 Å². The van der Waals surface area contributed by atoms with Gasteiger partial charge in [-0.3, -0.25) is 0 Å². The fraction of sp³-hybridized carbons (Fsp3) is 0.486. The minimum absolute atomic E-state index is 0.122. The van der Waals surface area contributed by atoms with Crippen molar-refractivity contribution in [3.05, 3.63) is 80.2 Å². The summed E-state index contributed by atoms with van der Waals surface area (Å²) in [5, 5.41) is 0. The van der Waals surface area contributed by atoms with Gasteiger partial charge in [0.2, 0.25) is 0 Å². The molecule has 1 aliphatic rings. The highest BCUT2D eigenvalue weighted by molar-refractivity contribution is 9.10. The number of rotatable bonds is 17. The molecule has 0 radical (unpaired) electrons. The first kappa shape index (κ1) is 30.2. The van der Waals surface area contributed by atoms with E-state index in [1.807, 2.05) is 0 Å². The maximum Gasteiger partial charge on any atom is 0.127 e. The van der Waals surface area contributed by atoms with E-state index in [-0.39, 0.29) is 5.92 Å². The SMILES string of the molecule is CCCCCCCCOc1ccc(C2c3cc(Br)ccc3-c3ccc(Br)cc32)c(OCCCCCCCC)c1. The van der Waals surface area contributed by atoms with E-state index in [0.29, 0.717) is 0 Å². The third kappa shape index (κ3) is 8.36. The Morgan fingerprint density at radius 3 is 1.62 bits per heavy atom. The number of fused-ring (bicyclic) bond motifs is 3. The quantitative estimate of drug-likeness (QED) is 0.105. The summed E-state index contributed by atoms with van der Waals surface area (Å²) in [5.41, 5.74) is 6.46.